The second-order valence-electron chi connectivity index (χ2n) is 4.80. The molecule has 0 saturated heterocycles. The summed E-state index contributed by atoms with van der Waals surface area (Å²) in [6.45, 7) is 8.49. The molecule has 0 spiro atoms. The van der Waals surface area contributed by atoms with Crippen LogP contribution in [0.4, 0.5) is 0 Å². The van der Waals surface area contributed by atoms with Crippen LogP contribution in [0, 0.1) is 11.3 Å². The standard InChI is InChI=1S/C10H20O/c1-5-10(11,8-6-7-8)9(2,3)4/h8,11H,5-7H2,1-4H3. The summed E-state index contributed by atoms with van der Waals surface area (Å²) < 4.78 is 0. The van der Waals surface area contributed by atoms with Crippen molar-refractivity contribution in [1.29, 1.82) is 0 Å². The van der Waals surface area contributed by atoms with Crippen LogP contribution >= 0.6 is 0 Å². The van der Waals surface area contributed by atoms with Gasteiger partial charge in [0.05, 0.1) is 5.60 Å². The Morgan fingerprint density at radius 1 is 1.27 bits per heavy atom. The molecule has 1 N–H and O–H groups in total. The van der Waals surface area contributed by atoms with Crippen molar-refractivity contribution >= 4 is 0 Å². The summed E-state index contributed by atoms with van der Waals surface area (Å²) >= 11 is 0. The first-order valence-corrected chi connectivity index (χ1v) is 4.64. The molecule has 0 aromatic carbocycles. The van der Waals surface area contributed by atoms with Gasteiger partial charge >= 0.3 is 0 Å². The van der Waals surface area contributed by atoms with Crippen LogP contribution in [0.1, 0.15) is 47.0 Å². The first-order chi connectivity index (χ1) is 4.92. The minimum absolute atomic E-state index is 0.0446. The number of hydrogen-bond donors (Lipinski definition) is 1. The highest BCUT2D eigenvalue weighted by molar-refractivity contribution is 5.00. The van der Waals surface area contributed by atoms with Gasteiger partial charge in [0.2, 0.25) is 0 Å². The fraction of sp³-hybridized carbons (Fsp3) is 1.00. The number of hydrogen-bond acceptors (Lipinski definition) is 1. The summed E-state index contributed by atoms with van der Waals surface area (Å²) in [5, 5.41) is 10.3. The van der Waals surface area contributed by atoms with E-state index < -0.39 is 5.60 Å². The molecule has 0 bridgehead atoms. The van der Waals surface area contributed by atoms with Gasteiger partial charge in [0, 0.05) is 0 Å². The van der Waals surface area contributed by atoms with Crippen molar-refractivity contribution in [2.45, 2.75) is 52.6 Å². The van der Waals surface area contributed by atoms with E-state index in [0.29, 0.717) is 5.92 Å². The molecule has 66 valence electrons. The van der Waals surface area contributed by atoms with Gasteiger partial charge in [-0.2, -0.15) is 0 Å². The predicted octanol–water partition coefficient (Wildman–Crippen LogP) is 2.58. The number of aliphatic hydroxyl groups is 1. The normalized spacial score (nSPS) is 24.8. The lowest BCUT2D eigenvalue weighted by Gasteiger charge is -2.40. The molecule has 11 heavy (non-hydrogen) atoms. The van der Waals surface area contributed by atoms with Crippen molar-refractivity contribution in [3.05, 3.63) is 0 Å². The molecule has 1 aliphatic carbocycles. The third kappa shape index (κ3) is 1.44. The minimum atomic E-state index is -0.410. The van der Waals surface area contributed by atoms with Gasteiger partial charge in [0.1, 0.15) is 0 Å². The molecule has 1 unspecified atom stereocenters. The summed E-state index contributed by atoms with van der Waals surface area (Å²) in [5.74, 6) is 0.576. The summed E-state index contributed by atoms with van der Waals surface area (Å²) in [6.07, 6.45) is 3.34. The molecule has 1 fully saturated rings. The Morgan fingerprint density at radius 3 is 1.82 bits per heavy atom. The maximum Gasteiger partial charge on any atom is 0.0721 e. The molecule has 1 saturated carbocycles. The number of rotatable bonds is 2. The first kappa shape index (κ1) is 9.05. The van der Waals surface area contributed by atoms with E-state index in [2.05, 4.69) is 27.7 Å². The Morgan fingerprint density at radius 2 is 1.73 bits per heavy atom. The Balaban J connectivity index is 2.73. The van der Waals surface area contributed by atoms with Crippen LogP contribution in [0.5, 0.6) is 0 Å². The predicted molar refractivity (Wildman–Crippen MR) is 47.4 cm³/mol. The van der Waals surface area contributed by atoms with Gasteiger partial charge in [0.25, 0.3) is 0 Å². The van der Waals surface area contributed by atoms with Gasteiger partial charge in [-0.15, -0.1) is 0 Å². The van der Waals surface area contributed by atoms with Crippen molar-refractivity contribution in [3.8, 4) is 0 Å². The van der Waals surface area contributed by atoms with Crippen molar-refractivity contribution in [2.75, 3.05) is 0 Å². The zero-order valence-electron chi connectivity index (χ0n) is 8.15. The van der Waals surface area contributed by atoms with Crippen molar-refractivity contribution < 1.29 is 5.11 Å². The van der Waals surface area contributed by atoms with E-state index in [-0.39, 0.29) is 5.41 Å². The summed E-state index contributed by atoms with van der Waals surface area (Å²) in [5.41, 5.74) is -0.365. The lowest BCUT2D eigenvalue weighted by molar-refractivity contribution is -0.0795. The lowest BCUT2D eigenvalue weighted by Crippen LogP contribution is -2.44. The van der Waals surface area contributed by atoms with Gasteiger partial charge in [0.15, 0.2) is 0 Å². The third-order valence-electron chi connectivity index (χ3n) is 3.09. The fourth-order valence-electron chi connectivity index (χ4n) is 1.99. The molecule has 0 radical (unpaired) electrons. The summed E-state index contributed by atoms with van der Waals surface area (Å²) in [7, 11) is 0. The van der Waals surface area contributed by atoms with Crippen LogP contribution in [0.3, 0.4) is 0 Å². The molecular weight excluding hydrogens is 136 g/mol. The van der Waals surface area contributed by atoms with Gasteiger partial charge < -0.3 is 5.11 Å². The van der Waals surface area contributed by atoms with Crippen LogP contribution in [-0.4, -0.2) is 10.7 Å². The highest BCUT2D eigenvalue weighted by Gasteiger charge is 2.49. The van der Waals surface area contributed by atoms with Gasteiger partial charge in [-0.3, -0.25) is 0 Å². The Bertz CT molecular complexity index is 141. The Labute approximate surface area is 69.8 Å². The van der Waals surface area contributed by atoms with Crippen LogP contribution < -0.4 is 0 Å². The first-order valence-electron chi connectivity index (χ1n) is 4.64. The van der Waals surface area contributed by atoms with E-state index in [1.807, 2.05) is 0 Å². The van der Waals surface area contributed by atoms with E-state index in [4.69, 9.17) is 0 Å². The molecule has 1 atom stereocenters. The minimum Gasteiger partial charge on any atom is -0.389 e. The second kappa shape index (κ2) is 2.48. The molecule has 0 aliphatic heterocycles. The van der Waals surface area contributed by atoms with E-state index in [0.717, 1.165) is 6.42 Å². The molecule has 1 heteroatoms. The van der Waals surface area contributed by atoms with Gasteiger partial charge in [-0.25, -0.2) is 0 Å². The summed E-state index contributed by atoms with van der Waals surface area (Å²) in [6, 6.07) is 0. The van der Waals surface area contributed by atoms with E-state index in [1.165, 1.54) is 12.8 Å². The van der Waals surface area contributed by atoms with Crippen LogP contribution in [0.2, 0.25) is 0 Å². The lowest BCUT2D eigenvalue weighted by atomic mass is 9.72. The largest absolute Gasteiger partial charge is 0.389 e. The molecule has 0 aromatic rings. The molecular formula is C10H20O. The van der Waals surface area contributed by atoms with Gasteiger partial charge in [-0.05, 0) is 30.6 Å². The van der Waals surface area contributed by atoms with Crippen LogP contribution in [-0.2, 0) is 0 Å². The molecule has 0 heterocycles. The highest BCUT2D eigenvalue weighted by atomic mass is 16.3. The molecule has 1 aliphatic rings. The van der Waals surface area contributed by atoms with Crippen molar-refractivity contribution in [1.82, 2.24) is 0 Å². The molecule has 0 amide bonds. The molecule has 1 nitrogen and oxygen atoms in total. The van der Waals surface area contributed by atoms with E-state index >= 15 is 0 Å². The van der Waals surface area contributed by atoms with Gasteiger partial charge in [-0.1, -0.05) is 27.7 Å². The average molecular weight is 156 g/mol. The van der Waals surface area contributed by atoms with Crippen LogP contribution in [0.25, 0.3) is 0 Å². The fourth-order valence-corrected chi connectivity index (χ4v) is 1.99. The van der Waals surface area contributed by atoms with E-state index in [1.54, 1.807) is 0 Å². The second-order valence-corrected chi connectivity index (χ2v) is 4.80. The zero-order valence-corrected chi connectivity index (χ0v) is 8.15. The molecule has 1 rings (SSSR count). The summed E-state index contributed by atoms with van der Waals surface area (Å²) in [4.78, 5) is 0. The highest BCUT2D eigenvalue weighted by Crippen LogP contribution is 2.50. The molecule has 0 aromatic heterocycles. The maximum absolute atomic E-state index is 10.3. The zero-order chi connectivity index (χ0) is 8.70. The van der Waals surface area contributed by atoms with E-state index in [9.17, 15) is 5.11 Å². The van der Waals surface area contributed by atoms with Crippen molar-refractivity contribution in [2.24, 2.45) is 11.3 Å². The third-order valence-corrected chi connectivity index (χ3v) is 3.09. The SMILES string of the molecule is CCC(O)(C1CC1)C(C)(C)C. The van der Waals surface area contributed by atoms with Crippen molar-refractivity contribution in [3.63, 3.8) is 0 Å². The quantitative estimate of drug-likeness (QED) is 0.651. The topological polar surface area (TPSA) is 20.2 Å². The average Bonchev–Trinajstić information content (AvgIpc) is 2.64. The van der Waals surface area contributed by atoms with Crippen LogP contribution in [0.15, 0.2) is 0 Å². The smallest absolute Gasteiger partial charge is 0.0721 e. The monoisotopic (exact) mass is 156 g/mol. The maximum atomic E-state index is 10.3. The Kier molecular flexibility index (Phi) is 2.04. The Hall–Kier alpha value is -0.0400.